The van der Waals surface area contributed by atoms with Gasteiger partial charge in [0, 0.05) is 38.1 Å². The second-order valence-electron chi connectivity index (χ2n) is 7.77. The molecule has 4 heteroatoms. The summed E-state index contributed by atoms with van der Waals surface area (Å²) in [5, 5.41) is 8.85. The molecule has 0 heterocycles. The fourth-order valence-corrected chi connectivity index (χ4v) is 3.06. The van der Waals surface area contributed by atoms with Gasteiger partial charge in [0.25, 0.3) is 0 Å². The van der Waals surface area contributed by atoms with Gasteiger partial charge >= 0.3 is 0 Å². The van der Waals surface area contributed by atoms with Gasteiger partial charge in [0.05, 0.1) is 13.2 Å². The van der Waals surface area contributed by atoms with E-state index in [4.69, 9.17) is 19.3 Å². The van der Waals surface area contributed by atoms with Crippen molar-refractivity contribution in [3.05, 3.63) is 59.7 Å². The zero-order valence-electron chi connectivity index (χ0n) is 18.2. The molecule has 4 nitrogen and oxygen atoms in total. The third-order valence-electron chi connectivity index (χ3n) is 5.07. The molecule has 0 aliphatic rings. The molecule has 2 rings (SSSR count). The van der Waals surface area contributed by atoms with E-state index in [-0.39, 0.29) is 12.0 Å². The van der Waals surface area contributed by atoms with E-state index < -0.39 is 0 Å². The summed E-state index contributed by atoms with van der Waals surface area (Å²) >= 11 is 0. The number of unbranched alkanes of at least 4 members (excludes halogenated alkanes) is 1. The highest BCUT2D eigenvalue weighted by Gasteiger charge is 2.23. The molecule has 160 valence electrons. The molecule has 0 fully saturated rings. The van der Waals surface area contributed by atoms with Crippen LogP contribution in [0, 0.1) is 0 Å². The lowest BCUT2D eigenvalue weighted by atomic mass is 9.78. The second kappa shape index (κ2) is 12.5. The number of hydrogen-bond acceptors (Lipinski definition) is 4. The summed E-state index contributed by atoms with van der Waals surface area (Å²) in [5.74, 6) is 1.73. The van der Waals surface area contributed by atoms with E-state index in [9.17, 15) is 0 Å². The van der Waals surface area contributed by atoms with Gasteiger partial charge < -0.3 is 19.3 Å². The molecule has 0 amide bonds. The maximum absolute atomic E-state index is 8.85. The molecule has 0 aliphatic heterocycles. The number of rotatable bonds is 14. The largest absolute Gasteiger partial charge is 0.494 e. The average molecular weight is 401 g/mol. The number of ether oxygens (including phenoxy) is 3. The van der Waals surface area contributed by atoms with Crippen molar-refractivity contribution in [1.82, 2.24) is 0 Å². The van der Waals surface area contributed by atoms with Crippen LogP contribution in [0.4, 0.5) is 0 Å². The Bertz CT molecular complexity index is 677. The van der Waals surface area contributed by atoms with E-state index in [1.807, 2.05) is 24.3 Å². The standard InChI is InChI=1S/C25H36O4/c1-4-5-17-27-18-7-20-29-24-14-10-22(11-15-24)25(2,3)21-8-12-23(13-9-21)28-19-6-16-26/h8-15,26H,4-7,16-20H2,1-3H3. The van der Waals surface area contributed by atoms with Gasteiger partial charge in [-0.05, 0) is 41.8 Å². The van der Waals surface area contributed by atoms with E-state index in [0.717, 1.165) is 37.6 Å². The zero-order chi connectivity index (χ0) is 21.0. The van der Waals surface area contributed by atoms with Crippen LogP contribution in [0.5, 0.6) is 11.5 Å². The van der Waals surface area contributed by atoms with Crippen LogP contribution in [0.25, 0.3) is 0 Å². The lowest BCUT2D eigenvalue weighted by Crippen LogP contribution is -2.18. The highest BCUT2D eigenvalue weighted by molar-refractivity contribution is 5.41. The molecule has 0 spiro atoms. The Kier molecular flexibility index (Phi) is 10.0. The summed E-state index contributed by atoms with van der Waals surface area (Å²) < 4.78 is 17.0. The monoisotopic (exact) mass is 400 g/mol. The highest BCUT2D eigenvalue weighted by atomic mass is 16.5. The molecule has 0 aromatic heterocycles. The topological polar surface area (TPSA) is 47.9 Å². The van der Waals surface area contributed by atoms with Gasteiger partial charge in [0.2, 0.25) is 0 Å². The van der Waals surface area contributed by atoms with Crippen molar-refractivity contribution in [3.8, 4) is 11.5 Å². The minimum atomic E-state index is -0.116. The van der Waals surface area contributed by atoms with E-state index in [0.29, 0.717) is 19.6 Å². The van der Waals surface area contributed by atoms with Gasteiger partial charge in [-0.3, -0.25) is 0 Å². The molecule has 0 saturated heterocycles. The van der Waals surface area contributed by atoms with Crippen LogP contribution in [0.15, 0.2) is 48.5 Å². The van der Waals surface area contributed by atoms with E-state index >= 15 is 0 Å². The van der Waals surface area contributed by atoms with Crippen molar-refractivity contribution in [2.24, 2.45) is 0 Å². The van der Waals surface area contributed by atoms with Gasteiger partial charge in [-0.2, -0.15) is 0 Å². The van der Waals surface area contributed by atoms with Gasteiger partial charge in [0.15, 0.2) is 0 Å². The second-order valence-corrected chi connectivity index (χ2v) is 7.77. The summed E-state index contributed by atoms with van der Waals surface area (Å²) in [6, 6.07) is 16.6. The third-order valence-corrected chi connectivity index (χ3v) is 5.07. The van der Waals surface area contributed by atoms with Gasteiger partial charge in [-0.1, -0.05) is 51.5 Å². The highest BCUT2D eigenvalue weighted by Crippen LogP contribution is 2.33. The van der Waals surface area contributed by atoms with Crippen LogP contribution >= 0.6 is 0 Å². The van der Waals surface area contributed by atoms with Gasteiger partial charge in [0.1, 0.15) is 11.5 Å². The molecule has 2 aromatic rings. The van der Waals surface area contributed by atoms with Crippen LogP contribution < -0.4 is 9.47 Å². The molecule has 0 saturated carbocycles. The fourth-order valence-electron chi connectivity index (χ4n) is 3.06. The van der Waals surface area contributed by atoms with Crippen molar-refractivity contribution in [3.63, 3.8) is 0 Å². The number of hydrogen-bond donors (Lipinski definition) is 1. The molecule has 29 heavy (non-hydrogen) atoms. The number of benzene rings is 2. The van der Waals surface area contributed by atoms with Crippen molar-refractivity contribution in [2.45, 2.75) is 51.9 Å². The van der Waals surface area contributed by atoms with E-state index in [1.54, 1.807) is 0 Å². The molecular formula is C25H36O4. The van der Waals surface area contributed by atoms with E-state index in [1.165, 1.54) is 17.5 Å². The van der Waals surface area contributed by atoms with Gasteiger partial charge in [-0.15, -0.1) is 0 Å². The average Bonchev–Trinajstić information content (AvgIpc) is 2.74. The quantitative estimate of drug-likeness (QED) is 0.434. The Morgan fingerprint density at radius 2 is 1.17 bits per heavy atom. The van der Waals surface area contributed by atoms with Gasteiger partial charge in [-0.25, -0.2) is 0 Å². The molecule has 1 N–H and O–H groups in total. The molecular weight excluding hydrogens is 364 g/mol. The lowest BCUT2D eigenvalue weighted by molar-refractivity contribution is 0.117. The molecule has 0 aliphatic carbocycles. The van der Waals surface area contributed by atoms with Crippen molar-refractivity contribution in [2.75, 3.05) is 33.0 Å². The Morgan fingerprint density at radius 3 is 1.66 bits per heavy atom. The van der Waals surface area contributed by atoms with Crippen LogP contribution in [0.1, 0.15) is 57.6 Å². The predicted molar refractivity (Wildman–Crippen MR) is 118 cm³/mol. The minimum Gasteiger partial charge on any atom is -0.494 e. The van der Waals surface area contributed by atoms with Crippen molar-refractivity contribution < 1.29 is 19.3 Å². The molecule has 0 unspecified atom stereocenters. The first-order valence-corrected chi connectivity index (χ1v) is 10.7. The fraction of sp³-hybridized carbons (Fsp3) is 0.520. The smallest absolute Gasteiger partial charge is 0.119 e. The lowest BCUT2D eigenvalue weighted by Gasteiger charge is -2.26. The minimum absolute atomic E-state index is 0.116. The SMILES string of the molecule is CCCCOCCCOc1ccc(C(C)(C)c2ccc(OCCCO)cc2)cc1. The number of aliphatic hydroxyl groups excluding tert-OH is 1. The summed E-state index contributed by atoms with van der Waals surface area (Å²) in [7, 11) is 0. The number of aliphatic hydroxyl groups is 1. The molecule has 0 atom stereocenters. The zero-order valence-corrected chi connectivity index (χ0v) is 18.2. The van der Waals surface area contributed by atoms with Crippen molar-refractivity contribution >= 4 is 0 Å². The van der Waals surface area contributed by atoms with E-state index in [2.05, 4.69) is 45.0 Å². The Hall–Kier alpha value is -2.04. The first-order valence-electron chi connectivity index (χ1n) is 10.7. The Balaban J connectivity index is 1.85. The third kappa shape index (κ3) is 7.71. The van der Waals surface area contributed by atoms with Crippen LogP contribution in [0.2, 0.25) is 0 Å². The Labute approximate surface area is 175 Å². The van der Waals surface area contributed by atoms with Crippen molar-refractivity contribution in [1.29, 1.82) is 0 Å². The van der Waals surface area contributed by atoms with Crippen LogP contribution in [-0.4, -0.2) is 38.1 Å². The molecule has 2 aromatic carbocycles. The molecule has 0 radical (unpaired) electrons. The first-order chi connectivity index (χ1) is 14.1. The maximum atomic E-state index is 8.85. The van der Waals surface area contributed by atoms with Crippen LogP contribution in [0.3, 0.4) is 0 Å². The maximum Gasteiger partial charge on any atom is 0.119 e. The summed E-state index contributed by atoms with van der Waals surface area (Å²) in [5.41, 5.74) is 2.35. The molecule has 0 bridgehead atoms. The Morgan fingerprint density at radius 1 is 0.690 bits per heavy atom. The predicted octanol–water partition coefficient (Wildman–Crippen LogP) is 5.36. The summed E-state index contributed by atoms with van der Waals surface area (Å²) in [6.07, 6.45) is 3.84. The summed E-state index contributed by atoms with van der Waals surface area (Å²) in [4.78, 5) is 0. The first kappa shape index (κ1) is 23.2. The normalized spacial score (nSPS) is 11.4. The van der Waals surface area contributed by atoms with Crippen LogP contribution in [-0.2, 0) is 10.2 Å². The summed E-state index contributed by atoms with van der Waals surface area (Å²) in [6.45, 7) is 9.56.